The maximum absolute atomic E-state index is 13.7. The van der Waals surface area contributed by atoms with Gasteiger partial charge in [0.05, 0.1) is 0 Å². The summed E-state index contributed by atoms with van der Waals surface area (Å²) in [7, 11) is -6.16. The first kappa shape index (κ1) is 21.4. The van der Waals surface area contributed by atoms with Crippen molar-refractivity contribution >= 4 is 61.3 Å². The highest BCUT2D eigenvalue weighted by molar-refractivity contribution is 14.1. The first-order valence-electron chi connectivity index (χ1n) is 9.29. The van der Waals surface area contributed by atoms with Crippen LogP contribution in [0.5, 0.6) is 11.5 Å². The first-order chi connectivity index (χ1) is 13.9. The Morgan fingerprint density at radius 2 is 1.60 bits per heavy atom. The summed E-state index contributed by atoms with van der Waals surface area (Å²) in [5, 5.41) is -5.11. The lowest BCUT2D eigenvalue weighted by Crippen LogP contribution is -2.68. The number of alkyl halides is 2. The van der Waals surface area contributed by atoms with E-state index >= 15 is 0 Å². The molecule has 0 aromatic heterocycles. The van der Waals surface area contributed by atoms with E-state index in [9.17, 15) is 26.5 Å². The summed E-state index contributed by atoms with van der Waals surface area (Å²) in [4.78, 5) is 11.9. The Morgan fingerprint density at radius 1 is 1.10 bits per heavy atom. The molecule has 0 amide bonds. The van der Waals surface area contributed by atoms with E-state index in [0.29, 0.717) is 17.9 Å². The van der Waals surface area contributed by atoms with E-state index in [2.05, 4.69) is 45.2 Å². The number of rotatable bonds is 3. The molecule has 5 aliphatic rings. The van der Waals surface area contributed by atoms with Gasteiger partial charge in [-0.15, -0.1) is 0 Å². The van der Waals surface area contributed by atoms with Crippen molar-refractivity contribution in [3.63, 3.8) is 0 Å². The van der Waals surface area contributed by atoms with Gasteiger partial charge in [-0.05, 0) is 95.3 Å². The Kier molecular flexibility index (Phi) is 4.65. The number of ether oxygens (including phenoxy) is 3. The van der Waals surface area contributed by atoms with Crippen LogP contribution >= 0.6 is 45.2 Å². The molecule has 2 atom stereocenters. The Balaban J connectivity index is 1.43. The number of hydrogen-bond donors (Lipinski definition) is 0. The van der Waals surface area contributed by atoms with Gasteiger partial charge < -0.3 is 18.8 Å². The predicted octanol–water partition coefficient (Wildman–Crippen LogP) is 3.62. The predicted molar refractivity (Wildman–Crippen MR) is 113 cm³/mol. The van der Waals surface area contributed by atoms with Crippen LogP contribution in [0.1, 0.15) is 32.1 Å². The minimum atomic E-state index is -6.16. The van der Waals surface area contributed by atoms with Gasteiger partial charge in [-0.1, -0.05) is 0 Å². The van der Waals surface area contributed by atoms with E-state index in [1.807, 2.05) is 12.1 Å². The molecule has 4 fully saturated rings. The number of halogens is 4. The largest absolute Gasteiger partial charge is 0.743 e. The van der Waals surface area contributed by atoms with Crippen molar-refractivity contribution in [3.05, 3.63) is 19.3 Å². The van der Waals surface area contributed by atoms with Crippen LogP contribution in [0.2, 0.25) is 0 Å². The molecular formula is C18H15F2I2O7S-. The van der Waals surface area contributed by atoms with Gasteiger partial charge in [-0.3, -0.25) is 0 Å². The number of carbonyl (C=O) groups excluding carboxylic acids is 1. The molecule has 4 bridgehead atoms. The third kappa shape index (κ3) is 2.99. The van der Waals surface area contributed by atoms with Crippen LogP contribution in [0, 0.1) is 24.9 Å². The summed E-state index contributed by atoms with van der Waals surface area (Å²) in [5.41, 5.74) is -1.24. The molecule has 1 aliphatic heterocycles. The molecule has 6 rings (SSSR count). The van der Waals surface area contributed by atoms with Gasteiger partial charge in [0.15, 0.2) is 21.6 Å². The van der Waals surface area contributed by atoms with Crippen LogP contribution in [-0.2, 0) is 19.6 Å². The minimum Gasteiger partial charge on any atom is -0.743 e. The van der Waals surface area contributed by atoms with E-state index < -0.39 is 32.7 Å². The quantitative estimate of drug-likeness (QED) is 0.276. The van der Waals surface area contributed by atoms with E-state index in [0.717, 1.165) is 20.0 Å². The fourth-order valence-electron chi connectivity index (χ4n) is 5.71. The van der Waals surface area contributed by atoms with Crippen molar-refractivity contribution in [2.75, 3.05) is 0 Å². The lowest BCUT2D eigenvalue weighted by Gasteiger charge is -2.61. The lowest BCUT2D eigenvalue weighted by atomic mass is 9.51. The van der Waals surface area contributed by atoms with Crippen molar-refractivity contribution in [2.45, 2.75) is 48.7 Å². The molecule has 164 valence electrons. The minimum absolute atomic E-state index is 0.120. The SMILES string of the molecule is O=C(OC12CC3CC(C1)C1(Oc4cc(I)c(I)cc4O1)C(C3)C2)C(F)(F)S(=O)(=O)[O-]. The molecule has 0 radical (unpaired) electrons. The van der Waals surface area contributed by atoms with E-state index in [1.54, 1.807) is 0 Å². The Morgan fingerprint density at radius 3 is 2.07 bits per heavy atom. The molecular weight excluding hydrogens is 652 g/mol. The van der Waals surface area contributed by atoms with Gasteiger partial charge in [0.25, 0.3) is 5.79 Å². The van der Waals surface area contributed by atoms with Crippen molar-refractivity contribution in [1.29, 1.82) is 0 Å². The molecule has 1 aromatic rings. The molecule has 7 nitrogen and oxygen atoms in total. The highest BCUT2D eigenvalue weighted by atomic mass is 127. The molecule has 2 unspecified atom stereocenters. The molecule has 12 heteroatoms. The van der Waals surface area contributed by atoms with E-state index in [-0.39, 0.29) is 30.6 Å². The summed E-state index contributed by atoms with van der Waals surface area (Å²) in [5.74, 6) is -2.29. The van der Waals surface area contributed by atoms with Crippen molar-refractivity contribution in [3.8, 4) is 11.5 Å². The van der Waals surface area contributed by atoms with Crippen LogP contribution < -0.4 is 9.47 Å². The first-order valence-corrected chi connectivity index (χ1v) is 12.9. The number of carbonyl (C=O) groups is 1. The number of fused-ring (bicyclic) bond motifs is 1. The molecule has 4 saturated carbocycles. The van der Waals surface area contributed by atoms with Crippen molar-refractivity contribution in [1.82, 2.24) is 0 Å². The summed E-state index contributed by atoms with van der Waals surface area (Å²) >= 11 is 4.41. The molecule has 4 aliphatic carbocycles. The second-order valence-electron chi connectivity index (χ2n) is 8.53. The average Bonchev–Trinajstić information content (AvgIpc) is 2.97. The summed E-state index contributed by atoms with van der Waals surface area (Å²) < 4.78 is 79.7. The Labute approximate surface area is 198 Å². The second kappa shape index (κ2) is 6.53. The number of hydrogen-bond acceptors (Lipinski definition) is 7. The normalized spacial score (nSPS) is 33.2. The maximum Gasteiger partial charge on any atom is 0.428 e. The topological polar surface area (TPSA) is 102 Å². The number of benzene rings is 1. The molecule has 0 N–H and O–H groups in total. The average molecular weight is 667 g/mol. The highest BCUT2D eigenvalue weighted by Gasteiger charge is 2.69. The van der Waals surface area contributed by atoms with E-state index in [1.165, 1.54) is 0 Å². The van der Waals surface area contributed by atoms with Crippen LogP contribution in [0.25, 0.3) is 0 Å². The zero-order valence-electron chi connectivity index (χ0n) is 15.2. The van der Waals surface area contributed by atoms with Gasteiger partial charge in [0, 0.05) is 19.0 Å². The summed E-state index contributed by atoms with van der Waals surface area (Å²) in [6, 6.07) is 3.79. The van der Waals surface area contributed by atoms with Gasteiger partial charge in [-0.25, -0.2) is 13.2 Å². The Hall–Kier alpha value is -0.480. The van der Waals surface area contributed by atoms with Crippen LogP contribution in [0.3, 0.4) is 0 Å². The van der Waals surface area contributed by atoms with Crippen LogP contribution in [-0.4, -0.2) is 35.6 Å². The summed E-state index contributed by atoms with van der Waals surface area (Å²) in [6.07, 6.45) is 2.24. The molecule has 30 heavy (non-hydrogen) atoms. The lowest BCUT2D eigenvalue weighted by molar-refractivity contribution is -0.283. The second-order valence-corrected chi connectivity index (χ2v) is 12.3. The highest BCUT2D eigenvalue weighted by Crippen LogP contribution is 2.65. The Bertz CT molecular complexity index is 1010. The van der Waals surface area contributed by atoms with Gasteiger partial charge >= 0.3 is 11.2 Å². The molecule has 1 spiro atoms. The molecule has 1 heterocycles. The van der Waals surface area contributed by atoms with Gasteiger partial charge in [0.1, 0.15) is 5.60 Å². The van der Waals surface area contributed by atoms with Gasteiger partial charge in [0.2, 0.25) is 0 Å². The smallest absolute Gasteiger partial charge is 0.428 e. The third-order valence-corrected chi connectivity index (χ3v) is 10.3. The van der Waals surface area contributed by atoms with Crippen molar-refractivity contribution in [2.24, 2.45) is 17.8 Å². The molecule has 0 saturated heterocycles. The van der Waals surface area contributed by atoms with Crippen LogP contribution in [0.4, 0.5) is 8.78 Å². The van der Waals surface area contributed by atoms with Gasteiger partial charge in [-0.2, -0.15) is 8.78 Å². The van der Waals surface area contributed by atoms with Crippen molar-refractivity contribution < 1.29 is 40.8 Å². The zero-order valence-corrected chi connectivity index (χ0v) is 20.3. The standard InChI is InChI=1S/C18H16F2I2O7S/c19-18(20,30(24,25)26)15(23)29-16-5-8-1-9(6-16)17(10(2-8)7-16)27-13-3-11(21)12(22)4-14(13)28-17/h3-4,8-10H,1-2,5-7H2,(H,24,25,26)/p-1. The fourth-order valence-corrected chi connectivity index (χ4v) is 6.83. The van der Waals surface area contributed by atoms with Crippen LogP contribution in [0.15, 0.2) is 12.1 Å². The molecule has 1 aromatic carbocycles. The van der Waals surface area contributed by atoms with E-state index in [4.69, 9.17) is 14.2 Å². The summed E-state index contributed by atoms with van der Waals surface area (Å²) in [6.45, 7) is 0. The maximum atomic E-state index is 13.7. The fraction of sp³-hybridized carbons (Fsp3) is 0.611. The third-order valence-electron chi connectivity index (χ3n) is 6.66. The zero-order chi connectivity index (χ0) is 21.7. The number of esters is 1. The monoisotopic (exact) mass is 667 g/mol.